The summed E-state index contributed by atoms with van der Waals surface area (Å²) in [6.45, 7) is -0.125. The van der Waals surface area contributed by atoms with Crippen LogP contribution in [0, 0.1) is 11.3 Å². The third kappa shape index (κ3) is 5.42. The molecule has 5 nitrogen and oxygen atoms in total. The van der Waals surface area contributed by atoms with Crippen molar-refractivity contribution in [2.45, 2.75) is 26.5 Å². The standard InChI is InChI=1S/C20H20F2N2O3/c1-3-10-24(13-15-6-4-14(12-23)5-7-15)19(25)16-8-9-17(27-20(21)22)18(11-16)26-2/h4-9,11,20H,3,10,13H2,1-2H3. The van der Waals surface area contributed by atoms with Gasteiger partial charge in [0.1, 0.15) is 0 Å². The molecule has 0 heterocycles. The molecule has 0 fully saturated rings. The summed E-state index contributed by atoms with van der Waals surface area (Å²) < 4.78 is 34.3. The Labute approximate surface area is 156 Å². The van der Waals surface area contributed by atoms with Crippen molar-refractivity contribution in [1.29, 1.82) is 5.26 Å². The first-order valence-corrected chi connectivity index (χ1v) is 8.39. The number of benzene rings is 2. The van der Waals surface area contributed by atoms with Crippen LogP contribution in [0.4, 0.5) is 8.78 Å². The zero-order chi connectivity index (χ0) is 19.8. The number of nitriles is 1. The molecule has 142 valence electrons. The Morgan fingerprint density at radius 1 is 1.19 bits per heavy atom. The first-order valence-electron chi connectivity index (χ1n) is 8.39. The summed E-state index contributed by atoms with van der Waals surface area (Å²) in [5.74, 6) is -0.308. The Morgan fingerprint density at radius 3 is 2.44 bits per heavy atom. The molecule has 1 amide bonds. The van der Waals surface area contributed by atoms with Crippen LogP contribution in [0.2, 0.25) is 0 Å². The molecule has 2 aromatic carbocycles. The quantitative estimate of drug-likeness (QED) is 0.694. The number of carbonyl (C=O) groups excluding carboxylic acids is 1. The van der Waals surface area contributed by atoms with Gasteiger partial charge in [-0.15, -0.1) is 0 Å². The molecule has 0 N–H and O–H groups in total. The first-order chi connectivity index (χ1) is 13.0. The Kier molecular flexibility index (Phi) is 7.12. The number of carbonyl (C=O) groups is 1. The van der Waals surface area contributed by atoms with Gasteiger partial charge in [-0.25, -0.2) is 0 Å². The summed E-state index contributed by atoms with van der Waals surface area (Å²) in [5, 5.41) is 8.87. The van der Waals surface area contributed by atoms with Gasteiger partial charge in [0, 0.05) is 18.7 Å². The number of rotatable bonds is 8. The van der Waals surface area contributed by atoms with Crippen molar-refractivity contribution in [3.05, 3.63) is 59.2 Å². The molecule has 0 aliphatic heterocycles. The van der Waals surface area contributed by atoms with Crippen LogP contribution in [-0.4, -0.2) is 31.1 Å². The van der Waals surface area contributed by atoms with Crippen LogP contribution in [0.15, 0.2) is 42.5 Å². The van der Waals surface area contributed by atoms with E-state index in [1.54, 1.807) is 29.2 Å². The number of hydrogen-bond acceptors (Lipinski definition) is 4. The second-order valence-corrected chi connectivity index (χ2v) is 5.78. The van der Waals surface area contributed by atoms with Gasteiger partial charge >= 0.3 is 6.61 Å². The van der Waals surface area contributed by atoms with E-state index in [4.69, 9.17) is 10.00 Å². The Bertz CT molecular complexity index is 817. The molecule has 2 rings (SSSR count). The van der Waals surface area contributed by atoms with Crippen molar-refractivity contribution >= 4 is 5.91 Å². The summed E-state index contributed by atoms with van der Waals surface area (Å²) in [6, 6.07) is 13.2. The minimum Gasteiger partial charge on any atom is -0.493 e. The normalized spacial score (nSPS) is 10.4. The van der Waals surface area contributed by atoms with Gasteiger partial charge in [-0.1, -0.05) is 19.1 Å². The van der Waals surface area contributed by atoms with E-state index in [9.17, 15) is 13.6 Å². The van der Waals surface area contributed by atoms with E-state index in [0.717, 1.165) is 12.0 Å². The van der Waals surface area contributed by atoms with E-state index in [-0.39, 0.29) is 17.4 Å². The lowest BCUT2D eigenvalue weighted by Crippen LogP contribution is -2.31. The lowest BCUT2D eigenvalue weighted by atomic mass is 10.1. The third-order valence-corrected chi connectivity index (χ3v) is 3.86. The van der Waals surface area contributed by atoms with E-state index < -0.39 is 6.61 Å². The SMILES string of the molecule is CCCN(Cc1ccc(C#N)cc1)C(=O)c1ccc(OC(F)F)c(OC)c1. The average Bonchev–Trinajstić information content (AvgIpc) is 2.67. The van der Waals surface area contributed by atoms with Crippen molar-refractivity contribution in [3.8, 4) is 17.6 Å². The topological polar surface area (TPSA) is 62.6 Å². The molecule has 0 aliphatic rings. The largest absolute Gasteiger partial charge is 0.493 e. The van der Waals surface area contributed by atoms with Gasteiger partial charge in [0.05, 0.1) is 18.7 Å². The minimum atomic E-state index is -2.98. The Morgan fingerprint density at radius 2 is 1.89 bits per heavy atom. The van der Waals surface area contributed by atoms with Gasteiger partial charge in [0.2, 0.25) is 0 Å². The average molecular weight is 374 g/mol. The van der Waals surface area contributed by atoms with E-state index in [1.807, 2.05) is 6.92 Å². The van der Waals surface area contributed by atoms with Gasteiger partial charge in [0.15, 0.2) is 11.5 Å². The summed E-state index contributed by atoms with van der Waals surface area (Å²) in [5.41, 5.74) is 1.75. The molecule has 0 radical (unpaired) electrons. The molecule has 7 heteroatoms. The third-order valence-electron chi connectivity index (χ3n) is 3.86. The maximum absolute atomic E-state index is 12.9. The Hall–Kier alpha value is -3.14. The molecule has 27 heavy (non-hydrogen) atoms. The monoisotopic (exact) mass is 374 g/mol. The Balaban J connectivity index is 2.23. The molecule has 0 bridgehead atoms. The van der Waals surface area contributed by atoms with Crippen LogP contribution in [-0.2, 0) is 6.54 Å². The summed E-state index contributed by atoms with van der Waals surface area (Å²) in [7, 11) is 1.32. The van der Waals surface area contributed by atoms with Gasteiger partial charge < -0.3 is 14.4 Å². The van der Waals surface area contributed by atoms with E-state index in [1.165, 1.54) is 25.3 Å². The van der Waals surface area contributed by atoms with Crippen LogP contribution < -0.4 is 9.47 Å². The van der Waals surface area contributed by atoms with Crippen LogP contribution in [0.3, 0.4) is 0 Å². The second kappa shape index (κ2) is 9.53. The van der Waals surface area contributed by atoms with E-state index >= 15 is 0 Å². The van der Waals surface area contributed by atoms with Crippen LogP contribution in [0.1, 0.15) is 34.8 Å². The zero-order valence-corrected chi connectivity index (χ0v) is 15.1. The first kappa shape index (κ1) is 20.2. The van der Waals surface area contributed by atoms with Crippen LogP contribution >= 0.6 is 0 Å². The van der Waals surface area contributed by atoms with Gasteiger partial charge in [0.25, 0.3) is 5.91 Å². The van der Waals surface area contributed by atoms with E-state index in [2.05, 4.69) is 10.8 Å². The van der Waals surface area contributed by atoms with Gasteiger partial charge in [-0.3, -0.25) is 4.79 Å². The smallest absolute Gasteiger partial charge is 0.387 e. The van der Waals surface area contributed by atoms with Crippen molar-refractivity contribution < 1.29 is 23.0 Å². The number of halogens is 2. The van der Waals surface area contributed by atoms with Crippen LogP contribution in [0.5, 0.6) is 11.5 Å². The second-order valence-electron chi connectivity index (χ2n) is 5.78. The maximum atomic E-state index is 12.9. The fourth-order valence-corrected chi connectivity index (χ4v) is 2.60. The van der Waals surface area contributed by atoms with Crippen molar-refractivity contribution in [1.82, 2.24) is 4.90 Å². The number of amides is 1. The lowest BCUT2D eigenvalue weighted by Gasteiger charge is -2.23. The molecule has 0 unspecified atom stereocenters. The fraction of sp³-hybridized carbons (Fsp3) is 0.300. The molecule has 0 atom stereocenters. The minimum absolute atomic E-state index is 0.0657. The van der Waals surface area contributed by atoms with Gasteiger partial charge in [-0.05, 0) is 42.3 Å². The highest BCUT2D eigenvalue weighted by Gasteiger charge is 2.19. The van der Waals surface area contributed by atoms with Crippen molar-refractivity contribution in [2.75, 3.05) is 13.7 Å². The summed E-state index contributed by atoms with van der Waals surface area (Å²) in [6.07, 6.45) is 0.756. The predicted molar refractivity (Wildman–Crippen MR) is 95.8 cm³/mol. The number of hydrogen-bond donors (Lipinski definition) is 0. The van der Waals surface area contributed by atoms with Crippen LogP contribution in [0.25, 0.3) is 0 Å². The molecular weight excluding hydrogens is 354 g/mol. The molecule has 0 aromatic heterocycles. The molecular formula is C20H20F2N2O3. The summed E-state index contributed by atoms with van der Waals surface area (Å²) >= 11 is 0. The fourth-order valence-electron chi connectivity index (χ4n) is 2.60. The number of ether oxygens (including phenoxy) is 2. The number of methoxy groups -OCH3 is 1. The molecule has 0 spiro atoms. The maximum Gasteiger partial charge on any atom is 0.387 e. The van der Waals surface area contributed by atoms with Gasteiger partial charge in [-0.2, -0.15) is 14.0 Å². The summed E-state index contributed by atoms with van der Waals surface area (Å²) in [4.78, 5) is 14.5. The molecule has 0 saturated carbocycles. The highest BCUT2D eigenvalue weighted by molar-refractivity contribution is 5.95. The lowest BCUT2D eigenvalue weighted by molar-refractivity contribution is -0.0512. The van der Waals surface area contributed by atoms with Crippen molar-refractivity contribution in [2.24, 2.45) is 0 Å². The van der Waals surface area contributed by atoms with E-state index in [0.29, 0.717) is 24.2 Å². The molecule has 0 saturated heterocycles. The molecule has 2 aromatic rings. The van der Waals surface area contributed by atoms with Crippen molar-refractivity contribution in [3.63, 3.8) is 0 Å². The number of nitrogens with zero attached hydrogens (tertiary/aromatic N) is 2. The predicted octanol–water partition coefficient (Wildman–Crippen LogP) is 4.22. The zero-order valence-electron chi connectivity index (χ0n) is 15.1. The molecule has 0 aliphatic carbocycles. The highest BCUT2D eigenvalue weighted by Crippen LogP contribution is 2.30. The number of alkyl halides is 2. The highest BCUT2D eigenvalue weighted by atomic mass is 19.3.